The van der Waals surface area contributed by atoms with Crippen LogP contribution in [0.2, 0.25) is 0 Å². The average Bonchev–Trinajstić information content (AvgIpc) is 3.29. The summed E-state index contributed by atoms with van der Waals surface area (Å²) in [6.07, 6.45) is 0. The minimum absolute atomic E-state index is 0.0693. The number of fused-ring (bicyclic) bond motifs is 3. The SMILES string of the molecule is COc1ccc(S(=O)(=O)c2nnn3c2nc(Nc2ccccc2OC)c2ccccc23)cc1. The summed E-state index contributed by atoms with van der Waals surface area (Å²) in [5.41, 5.74) is 1.46. The van der Waals surface area contributed by atoms with Crippen LogP contribution in [0.15, 0.2) is 82.7 Å². The van der Waals surface area contributed by atoms with E-state index in [-0.39, 0.29) is 15.6 Å². The molecule has 9 nitrogen and oxygen atoms in total. The largest absolute Gasteiger partial charge is 0.497 e. The van der Waals surface area contributed by atoms with Crippen molar-refractivity contribution in [3.63, 3.8) is 0 Å². The van der Waals surface area contributed by atoms with Gasteiger partial charge in [0, 0.05) is 5.39 Å². The van der Waals surface area contributed by atoms with Gasteiger partial charge in [-0.15, -0.1) is 5.10 Å². The van der Waals surface area contributed by atoms with Crippen molar-refractivity contribution in [3.05, 3.63) is 72.8 Å². The summed E-state index contributed by atoms with van der Waals surface area (Å²) in [5, 5.41) is 11.9. The van der Waals surface area contributed by atoms with Crippen molar-refractivity contribution >= 4 is 37.9 Å². The van der Waals surface area contributed by atoms with Crippen LogP contribution in [0.4, 0.5) is 11.5 Å². The molecule has 0 spiro atoms. The van der Waals surface area contributed by atoms with Crippen LogP contribution in [0, 0.1) is 0 Å². The Kier molecular flexibility index (Phi) is 5.06. The predicted octanol–water partition coefficient (Wildman–Crippen LogP) is 3.87. The first kappa shape index (κ1) is 20.7. The van der Waals surface area contributed by atoms with Crippen LogP contribution in [0.3, 0.4) is 0 Å². The van der Waals surface area contributed by atoms with Gasteiger partial charge in [-0.3, -0.25) is 0 Å². The van der Waals surface area contributed by atoms with Gasteiger partial charge in [0.15, 0.2) is 5.65 Å². The van der Waals surface area contributed by atoms with Crippen molar-refractivity contribution in [1.29, 1.82) is 0 Å². The first-order chi connectivity index (χ1) is 16.0. The first-order valence-corrected chi connectivity index (χ1v) is 11.4. The molecule has 0 saturated heterocycles. The van der Waals surface area contributed by atoms with Crippen molar-refractivity contribution in [1.82, 2.24) is 19.8 Å². The fraction of sp³-hybridized carbons (Fsp3) is 0.0870. The molecule has 0 atom stereocenters. The molecule has 3 aromatic carbocycles. The highest BCUT2D eigenvalue weighted by Gasteiger charge is 2.27. The Hall–Kier alpha value is -4.18. The van der Waals surface area contributed by atoms with Gasteiger partial charge in [-0.2, -0.15) is 4.52 Å². The molecule has 5 rings (SSSR count). The molecular weight excluding hydrogens is 442 g/mol. The number of aromatic nitrogens is 4. The molecule has 10 heteroatoms. The zero-order valence-electron chi connectivity index (χ0n) is 17.8. The number of nitrogens with one attached hydrogen (secondary N) is 1. The minimum Gasteiger partial charge on any atom is -0.497 e. The monoisotopic (exact) mass is 461 g/mol. The van der Waals surface area contributed by atoms with E-state index in [0.29, 0.717) is 28.5 Å². The average molecular weight is 462 g/mol. The van der Waals surface area contributed by atoms with Gasteiger partial charge in [0.25, 0.3) is 0 Å². The molecule has 1 N–H and O–H groups in total. The number of hydrogen-bond donors (Lipinski definition) is 1. The van der Waals surface area contributed by atoms with Crippen LogP contribution in [0.25, 0.3) is 16.6 Å². The van der Waals surface area contributed by atoms with E-state index in [1.54, 1.807) is 19.2 Å². The zero-order valence-corrected chi connectivity index (χ0v) is 18.6. The molecule has 0 aliphatic heterocycles. The molecule has 0 bridgehead atoms. The van der Waals surface area contributed by atoms with Crippen LogP contribution in [-0.2, 0) is 9.84 Å². The Morgan fingerprint density at radius 1 is 0.879 bits per heavy atom. The van der Waals surface area contributed by atoms with Gasteiger partial charge in [0.2, 0.25) is 14.9 Å². The van der Waals surface area contributed by atoms with Gasteiger partial charge in [0.05, 0.1) is 30.3 Å². The van der Waals surface area contributed by atoms with Crippen molar-refractivity contribution in [2.45, 2.75) is 9.92 Å². The summed E-state index contributed by atoms with van der Waals surface area (Å²) in [7, 11) is -0.889. The highest BCUT2D eigenvalue weighted by atomic mass is 32.2. The number of para-hydroxylation sites is 3. The first-order valence-electron chi connectivity index (χ1n) is 9.96. The van der Waals surface area contributed by atoms with E-state index in [9.17, 15) is 8.42 Å². The van der Waals surface area contributed by atoms with Gasteiger partial charge in [-0.25, -0.2) is 13.4 Å². The Morgan fingerprint density at radius 2 is 1.61 bits per heavy atom. The maximum absolute atomic E-state index is 13.4. The number of ether oxygens (including phenoxy) is 2. The van der Waals surface area contributed by atoms with Crippen LogP contribution in [0.1, 0.15) is 0 Å². The summed E-state index contributed by atoms with van der Waals surface area (Å²) in [4.78, 5) is 4.70. The molecule has 0 saturated carbocycles. The van der Waals surface area contributed by atoms with E-state index in [4.69, 9.17) is 9.47 Å². The normalized spacial score (nSPS) is 11.6. The number of nitrogens with zero attached hydrogens (tertiary/aromatic N) is 4. The Balaban J connectivity index is 1.71. The maximum Gasteiger partial charge on any atom is 0.229 e. The number of anilines is 2. The van der Waals surface area contributed by atoms with Crippen molar-refractivity contribution in [3.8, 4) is 11.5 Å². The zero-order chi connectivity index (χ0) is 23.0. The number of benzene rings is 3. The molecule has 0 aliphatic carbocycles. The van der Waals surface area contributed by atoms with Crippen LogP contribution >= 0.6 is 0 Å². The van der Waals surface area contributed by atoms with Crippen LogP contribution in [0.5, 0.6) is 11.5 Å². The van der Waals surface area contributed by atoms with E-state index >= 15 is 0 Å². The molecular formula is C23H19N5O4S. The lowest BCUT2D eigenvalue weighted by Crippen LogP contribution is -2.06. The smallest absolute Gasteiger partial charge is 0.229 e. The molecule has 166 valence electrons. The molecule has 0 amide bonds. The molecule has 0 fully saturated rings. The lowest BCUT2D eigenvalue weighted by atomic mass is 10.2. The highest BCUT2D eigenvalue weighted by Crippen LogP contribution is 2.32. The van der Waals surface area contributed by atoms with E-state index in [2.05, 4.69) is 20.6 Å². The van der Waals surface area contributed by atoms with E-state index in [1.165, 1.54) is 23.8 Å². The number of methoxy groups -OCH3 is 2. The topological polar surface area (TPSA) is 108 Å². The quantitative estimate of drug-likeness (QED) is 0.406. The number of hydrogen-bond acceptors (Lipinski definition) is 8. The molecule has 0 radical (unpaired) electrons. The second kappa shape index (κ2) is 8.06. The molecule has 5 aromatic rings. The third-order valence-electron chi connectivity index (χ3n) is 5.21. The van der Waals surface area contributed by atoms with Gasteiger partial charge in [-0.1, -0.05) is 29.5 Å². The van der Waals surface area contributed by atoms with E-state index < -0.39 is 9.84 Å². The van der Waals surface area contributed by atoms with E-state index in [1.807, 2.05) is 48.5 Å². The van der Waals surface area contributed by atoms with Gasteiger partial charge < -0.3 is 14.8 Å². The highest BCUT2D eigenvalue weighted by molar-refractivity contribution is 7.91. The van der Waals surface area contributed by atoms with Gasteiger partial charge in [0.1, 0.15) is 17.3 Å². The second-order valence-corrected chi connectivity index (χ2v) is 8.98. The predicted molar refractivity (Wildman–Crippen MR) is 123 cm³/mol. The standard InChI is InChI=1S/C23H19N5O4S/c1-31-15-11-13-16(14-12-15)33(29,30)23-22-25-21(24-18-8-4-6-10-20(18)32-2)17-7-3-5-9-19(17)28(22)27-26-23/h3-14H,1-2H3,(H,24,25). The molecule has 0 unspecified atom stereocenters. The number of sulfone groups is 1. The maximum atomic E-state index is 13.4. The van der Waals surface area contributed by atoms with Crippen LogP contribution in [-0.4, -0.2) is 42.4 Å². The molecule has 0 aliphatic rings. The molecule has 2 aromatic heterocycles. The van der Waals surface area contributed by atoms with Gasteiger partial charge >= 0.3 is 0 Å². The third-order valence-corrected chi connectivity index (χ3v) is 6.87. The lowest BCUT2D eigenvalue weighted by molar-refractivity contribution is 0.414. The third kappa shape index (κ3) is 3.50. The van der Waals surface area contributed by atoms with Crippen molar-refractivity contribution in [2.75, 3.05) is 19.5 Å². The fourth-order valence-electron chi connectivity index (χ4n) is 3.56. The Morgan fingerprint density at radius 3 is 2.36 bits per heavy atom. The summed E-state index contributed by atoms with van der Waals surface area (Å²) >= 11 is 0. The van der Waals surface area contributed by atoms with Crippen LogP contribution < -0.4 is 14.8 Å². The molecule has 2 heterocycles. The Labute approximate surface area is 189 Å². The number of rotatable bonds is 6. The summed E-state index contributed by atoms with van der Waals surface area (Å²) < 4.78 is 38.7. The Bertz CT molecular complexity index is 1580. The van der Waals surface area contributed by atoms with Crippen molar-refractivity contribution in [2.24, 2.45) is 0 Å². The summed E-state index contributed by atoms with van der Waals surface area (Å²) in [6, 6.07) is 20.9. The summed E-state index contributed by atoms with van der Waals surface area (Å²) in [6.45, 7) is 0. The molecule has 33 heavy (non-hydrogen) atoms. The van der Waals surface area contributed by atoms with Gasteiger partial charge in [-0.05, 0) is 48.5 Å². The fourth-order valence-corrected chi connectivity index (χ4v) is 4.79. The summed E-state index contributed by atoms with van der Waals surface area (Å²) in [5.74, 6) is 1.63. The van der Waals surface area contributed by atoms with E-state index in [0.717, 1.165) is 5.39 Å². The lowest BCUT2D eigenvalue weighted by Gasteiger charge is -2.13. The second-order valence-electron chi connectivity index (χ2n) is 7.11. The minimum atomic E-state index is -3.98. The van der Waals surface area contributed by atoms with Crippen molar-refractivity contribution < 1.29 is 17.9 Å².